The highest BCUT2D eigenvalue weighted by Crippen LogP contribution is 2.32. The molecule has 0 radical (unpaired) electrons. The Morgan fingerprint density at radius 3 is 1.93 bits per heavy atom. The summed E-state index contributed by atoms with van der Waals surface area (Å²) < 4.78 is 29.3. The van der Waals surface area contributed by atoms with Gasteiger partial charge in [0.25, 0.3) is 10.0 Å². The van der Waals surface area contributed by atoms with Crippen LogP contribution in [0.3, 0.4) is 0 Å². The topological polar surface area (TPSA) is 86.8 Å². The van der Waals surface area contributed by atoms with Gasteiger partial charge < -0.3 is 10.2 Å². The predicted molar refractivity (Wildman–Crippen MR) is 186 cm³/mol. The molecule has 0 saturated heterocycles. The molecule has 46 heavy (non-hydrogen) atoms. The number of carbonyl (C=O) groups excluding carboxylic acids is 2. The first kappa shape index (κ1) is 35.3. The van der Waals surface area contributed by atoms with Gasteiger partial charge in [-0.05, 0) is 69.7 Å². The molecule has 4 aromatic carbocycles. The Kier molecular flexibility index (Phi) is 11.4. The van der Waals surface area contributed by atoms with Crippen LogP contribution >= 0.6 is 34.8 Å². The van der Waals surface area contributed by atoms with Crippen molar-refractivity contribution < 1.29 is 18.0 Å². The van der Waals surface area contributed by atoms with E-state index in [2.05, 4.69) is 5.32 Å². The number of amides is 2. The Balaban J connectivity index is 1.86. The largest absolute Gasteiger partial charge is 0.350 e. The number of hydrogen-bond acceptors (Lipinski definition) is 4. The third-order valence-electron chi connectivity index (χ3n) is 7.17. The summed E-state index contributed by atoms with van der Waals surface area (Å²) in [4.78, 5) is 29.9. The SMILES string of the molecule is Cc1ccc(S(=O)(=O)N(CC(=O)N(Cc2c(Cl)cccc2Cl)[C@H](Cc2ccccc2)C(=O)NC(C)(C)C)c2ccccc2Cl)cc1. The van der Waals surface area contributed by atoms with Gasteiger partial charge in [0.2, 0.25) is 11.8 Å². The van der Waals surface area contributed by atoms with Crippen LogP contribution in [0.1, 0.15) is 37.5 Å². The number of anilines is 1. The fourth-order valence-electron chi connectivity index (χ4n) is 4.87. The van der Waals surface area contributed by atoms with E-state index in [4.69, 9.17) is 34.8 Å². The van der Waals surface area contributed by atoms with E-state index in [0.29, 0.717) is 15.6 Å². The molecule has 4 aromatic rings. The second kappa shape index (κ2) is 14.9. The van der Waals surface area contributed by atoms with Crippen molar-refractivity contribution in [3.05, 3.63) is 129 Å². The van der Waals surface area contributed by atoms with Gasteiger partial charge in [0, 0.05) is 34.1 Å². The highest BCUT2D eigenvalue weighted by Gasteiger charge is 2.36. The average Bonchev–Trinajstić information content (AvgIpc) is 2.99. The molecule has 0 aromatic heterocycles. The summed E-state index contributed by atoms with van der Waals surface area (Å²) >= 11 is 19.7. The molecular weight excluding hydrogens is 665 g/mol. The zero-order valence-electron chi connectivity index (χ0n) is 26.0. The van der Waals surface area contributed by atoms with Crippen molar-refractivity contribution >= 4 is 62.3 Å². The number of sulfonamides is 1. The zero-order valence-corrected chi connectivity index (χ0v) is 29.1. The van der Waals surface area contributed by atoms with Crippen LogP contribution in [0, 0.1) is 6.92 Å². The van der Waals surface area contributed by atoms with Gasteiger partial charge >= 0.3 is 0 Å². The molecule has 1 atom stereocenters. The van der Waals surface area contributed by atoms with Crippen molar-refractivity contribution in [1.82, 2.24) is 10.2 Å². The molecule has 7 nitrogen and oxygen atoms in total. The minimum atomic E-state index is -4.30. The van der Waals surface area contributed by atoms with Gasteiger partial charge in [0.1, 0.15) is 12.6 Å². The lowest BCUT2D eigenvalue weighted by Gasteiger charge is -2.35. The van der Waals surface area contributed by atoms with Crippen LogP contribution in [-0.4, -0.2) is 43.3 Å². The average molecular weight is 701 g/mol. The van der Waals surface area contributed by atoms with Crippen molar-refractivity contribution in [1.29, 1.82) is 0 Å². The maximum Gasteiger partial charge on any atom is 0.264 e. The summed E-state index contributed by atoms with van der Waals surface area (Å²) in [5, 5.41) is 3.73. The predicted octanol–water partition coefficient (Wildman–Crippen LogP) is 7.71. The third-order valence-corrected chi connectivity index (χ3v) is 9.97. The molecule has 242 valence electrons. The molecule has 0 spiro atoms. The van der Waals surface area contributed by atoms with Gasteiger partial charge in [-0.25, -0.2) is 8.42 Å². The fraction of sp³-hybridized carbons (Fsp3) is 0.257. The number of nitrogens with one attached hydrogen (secondary N) is 1. The van der Waals surface area contributed by atoms with Crippen LogP contribution in [0.25, 0.3) is 0 Å². The summed E-state index contributed by atoms with van der Waals surface area (Å²) in [7, 11) is -4.30. The highest BCUT2D eigenvalue weighted by molar-refractivity contribution is 7.92. The summed E-state index contributed by atoms with van der Waals surface area (Å²) in [6, 6.07) is 25.9. The zero-order chi connectivity index (χ0) is 33.6. The molecule has 0 saturated carbocycles. The van der Waals surface area contributed by atoms with E-state index in [1.165, 1.54) is 23.1 Å². The first-order valence-electron chi connectivity index (χ1n) is 14.6. The van der Waals surface area contributed by atoms with E-state index >= 15 is 0 Å². The van der Waals surface area contributed by atoms with Crippen LogP contribution < -0.4 is 9.62 Å². The third kappa shape index (κ3) is 8.82. The van der Waals surface area contributed by atoms with Crippen LogP contribution in [0.15, 0.2) is 102 Å². The lowest BCUT2D eigenvalue weighted by atomic mass is 10.0. The van der Waals surface area contributed by atoms with E-state index in [9.17, 15) is 18.0 Å². The van der Waals surface area contributed by atoms with Crippen molar-refractivity contribution in [2.75, 3.05) is 10.8 Å². The monoisotopic (exact) mass is 699 g/mol. The lowest BCUT2D eigenvalue weighted by Crippen LogP contribution is -2.56. The molecule has 0 aliphatic rings. The van der Waals surface area contributed by atoms with Crippen LogP contribution in [-0.2, 0) is 32.6 Å². The Hall–Kier alpha value is -3.56. The molecule has 11 heteroatoms. The molecule has 0 unspecified atom stereocenters. The number of hydrogen-bond donors (Lipinski definition) is 1. The van der Waals surface area contributed by atoms with Crippen molar-refractivity contribution in [2.45, 2.75) is 57.1 Å². The minimum absolute atomic E-state index is 0.0159. The van der Waals surface area contributed by atoms with Gasteiger partial charge in [-0.3, -0.25) is 13.9 Å². The maximum atomic E-state index is 14.6. The molecule has 0 aliphatic heterocycles. The van der Waals surface area contributed by atoms with E-state index < -0.39 is 40.0 Å². The van der Waals surface area contributed by atoms with Crippen molar-refractivity contribution in [3.63, 3.8) is 0 Å². The summed E-state index contributed by atoms with van der Waals surface area (Å²) in [6.07, 6.45) is 0.146. The number of rotatable bonds is 11. The molecule has 1 N–H and O–H groups in total. The molecular formula is C35H36Cl3N3O4S. The Labute approximate surface area is 286 Å². The number of halogens is 3. The highest BCUT2D eigenvalue weighted by atomic mass is 35.5. The molecule has 0 fully saturated rings. The Morgan fingerprint density at radius 1 is 0.783 bits per heavy atom. The second-order valence-electron chi connectivity index (χ2n) is 11.9. The first-order valence-corrected chi connectivity index (χ1v) is 17.2. The lowest BCUT2D eigenvalue weighted by molar-refractivity contribution is -0.140. The summed E-state index contributed by atoms with van der Waals surface area (Å²) in [5.74, 6) is -1.07. The number of benzene rings is 4. The number of nitrogens with zero attached hydrogens (tertiary/aromatic N) is 2. The van der Waals surface area contributed by atoms with Gasteiger partial charge in [0.15, 0.2) is 0 Å². The number of carbonyl (C=O) groups is 2. The maximum absolute atomic E-state index is 14.6. The van der Waals surface area contributed by atoms with Crippen molar-refractivity contribution in [2.24, 2.45) is 0 Å². The Morgan fingerprint density at radius 2 is 1.35 bits per heavy atom. The van der Waals surface area contributed by atoms with Gasteiger partial charge in [-0.1, -0.05) is 101 Å². The quantitative estimate of drug-likeness (QED) is 0.174. The van der Waals surface area contributed by atoms with Crippen LogP contribution in [0.5, 0.6) is 0 Å². The molecule has 0 heterocycles. The van der Waals surface area contributed by atoms with E-state index in [0.717, 1.165) is 15.4 Å². The standard InChI is InChI=1S/C35H36Cl3N3O4S/c1-24-17-19-26(20-18-24)46(44,45)41(31-16-9-8-13-30(31)38)23-33(42)40(22-27-28(36)14-10-15-29(27)37)32(34(43)39-35(2,3)4)21-25-11-6-5-7-12-25/h5-20,32H,21-23H2,1-4H3,(H,39,43)/t32-/m1/s1. The fourth-order valence-corrected chi connectivity index (χ4v) is 7.10. The van der Waals surface area contributed by atoms with Gasteiger partial charge in [-0.15, -0.1) is 0 Å². The summed E-state index contributed by atoms with van der Waals surface area (Å²) in [6.45, 7) is 6.56. The molecule has 0 bridgehead atoms. The smallest absolute Gasteiger partial charge is 0.264 e. The van der Waals surface area contributed by atoms with Crippen LogP contribution in [0.4, 0.5) is 5.69 Å². The molecule has 0 aliphatic carbocycles. The minimum Gasteiger partial charge on any atom is -0.350 e. The number of para-hydroxylation sites is 1. The van der Waals surface area contributed by atoms with Crippen LogP contribution in [0.2, 0.25) is 15.1 Å². The second-order valence-corrected chi connectivity index (χ2v) is 15.0. The van der Waals surface area contributed by atoms with Gasteiger partial charge in [-0.2, -0.15) is 0 Å². The van der Waals surface area contributed by atoms with Gasteiger partial charge in [0.05, 0.1) is 15.6 Å². The number of aryl methyl sites for hydroxylation is 1. The van der Waals surface area contributed by atoms with E-state index in [1.807, 2.05) is 58.0 Å². The summed E-state index contributed by atoms with van der Waals surface area (Å²) in [5.41, 5.74) is 1.59. The van der Waals surface area contributed by atoms with E-state index in [1.54, 1.807) is 48.5 Å². The van der Waals surface area contributed by atoms with E-state index in [-0.39, 0.29) is 28.6 Å². The first-order chi connectivity index (χ1) is 21.7. The van der Waals surface area contributed by atoms with Crippen molar-refractivity contribution in [3.8, 4) is 0 Å². The Bertz CT molecular complexity index is 1770. The molecule has 2 amide bonds. The molecule has 4 rings (SSSR count). The normalized spacial score (nSPS) is 12.3.